The van der Waals surface area contributed by atoms with Crippen LogP contribution >= 0.6 is 34.4 Å². The van der Waals surface area contributed by atoms with Crippen LogP contribution in [0.4, 0.5) is 0 Å². The number of rotatable bonds is 3. The van der Waals surface area contributed by atoms with Gasteiger partial charge in [0.2, 0.25) is 0 Å². The minimum atomic E-state index is 0.0292. The van der Waals surface area contributed by atoms with Crippen LogP contribution < -0.4 is 5.56 Å². The Morgan fingerprint density at radius 3 is 3.06 bits per heavy atom. The zero-order valence-corrected chi connectivity index (χ0v) is 12.2. The van der Waals surface area contributed by atoms with Gasteiger partial charge in [-0.15, -0.1) is 0 Å². The number of hydrogen-bond donors (Lipinski definition) is 1. The molecule has 3 nitrogen and oxygen atoms in total. The molecule has 2 rings (SSSR count). The van der Waals surface area contributed by atoms with Gasteiger partial charge in [-0.3, -0.25) is 4.79 Å². The molecule has 0 aliphatic carbocycles. The van der Waals surface area contributed by atoms with Crippen LogP contribution in [0.3, 0.4) is 0 Å². The van der Waals surface area contributed by atoms with Gasteiger partial charge >= 0.3 is 0 Å². The van der Waals surface area contributed by atoms with E-state index in [1.807, 2.05) is 11.8 Å². The molecule has 1 aliphatic rings. The van der Waals surface area contributed by atoms with Crippen LogP contribution in [-0.4, -0.2) is 15.7 Å². The second kappa shape index (κ2) is 5.53. The summed E-state index contributed by atoms with van der Waals surface area (Å²) in [5.41, 5.74) is 0.996. The number of aromatic amines is 1. The number of thioether (sulfide) groups is 1. The van der Waals surface area contributed by atoms with Gasteiger partial charge in [0, 0.05) is 0 Å². The van der Waals surface area contributed by atoms with Crippen LogP contribution in [0.25, 0.3) is 0 Å². The highest BCUT2D eigenvalue weighted by molar-refractivity contribution is 14.1. The molecule has 0 aromatic carbocycles. The molecule has 2 heterocycles. The van der Waals surface area contributed by atoms with E-state index in [2.05, 4.69) is 39.5 Å². The molecular formula is C11H15IN2OS. The van der Waals surface area contributed by atoms with Crippen molar-refractivity contribution in [2.24, 2.45) is 0 Å². The maximum atomic E-state index is 11.8. The molecule has 88 valence electrons. The van der Waals surface area contributed by atoms with Crippen LogP contribution in [0.5, 0.6) is 0 Å². The number of hydrogen-bond acceptors (Lipinski definition) is 3. The molecular weight excluding hydrogens is 335 g/mol. The van der Waals surface area contributed by atoms with Crippen molar-refractivity contribution >= 4 is 34.4 Å². The monoisotopic (exact) mass is 350 g/mol. The van der Waals surface area contributed by atoms with Crippen molar-refractivity contribution in [3.05, 3.63) is 25.4 Å². The first-order chi connectivity index (χ1) is 7.72. The lowest BCUT2D eigenvalue weighted by atomic mass is 10.2. The van der Waals surface area contributed by atoms with E-state index in [0.717, 1.165) is 34.4 Å². The zero-order valence-electron chi connectivity index (χ0n) is 9.25. The van der Waals surface area contributed by atoms with Gasteiger partial charge in [-0.2, -0.15) is 11.8 Å². The maximum Gasteiger partial charge on any atom is 0.264 e. The Labute approximate surface area is 113 Å². The molecule has 1 aromatic heterocycles. The van der Waals surface area contributed by atoms with Crippen LogP contribution in [0.1, 0.15) is 43.0 Å². The first-order valence-electron chi connectivity index (χ1n) is 5.62. The molecule has 0 amide bonds. The number of H-pyrrole nitrogens is 1. The first-order valence-corrected chi connectivity index (χ1v) is 7.75. The highest BCUT2D eigenvalue weighted by Crippen LogP contribution is 2.37. The summed E-state index contributed by atoms with van der Waals surface area (Å²) in [7, 11) is 0. The van der Waals surface area contributed by atoms with Gasteiger partial charge in [-0.05, 0) is 47.6 Å². The van der Waals surface area contributed by atoms with E-state index < -0.39 is 0 Å². The lowest BCUT2D eigenvalue weighted by molar-refractivity contribution is 0.746. The van der Waals surface area contributed by atoms with Gasteiger partial charge in [0.15, 0.2) is 0 Å². The Kier molecular flexibility index (Phi) is 4.29. The molecule has 0 radical (unpaired) electrons. The van der Waals surface area contributed by atoms with Crippen molar-refractivity contribution < 1.29 is 0 Å². The fraction of sp³-hybridized carbons (Fsp3) is 0.636. The van der Waals surface area contributed by atoms with Crippen molar-refractivity contribution in [2.75, 3.05) is 5.75 Å². The van der Waals surface area contributed by atoms with Gasteiger partial charge in [-0.1, -0.05) is 13.3 Å². The molecule has 0 saturated carbocycles. The molecule has 5 heteroatoms. The summed E-state index contributed by atoms with van der Waals surface area (Å²) in [6, 6.07) is 0. The summed E-state index contributed by atoms with van der Waals surface area (Å²) in [6.45, 7) is 2.11. The summed E-state index contributed by atoms with van der Waals surface area (Å²) in [6.07, 6.45) is 4.30. The molecule has 0 spiro atoms. The molecule has 1 atom stereocenters. The predicted octanol–water partition coefficient (Wildman–Crippen LogP) is 2.90. The molecule has 1 unspecified atom stereocenters. The third kappa shape index (κ3) is 2.61. The van der Waals surface area contributed by atoms with E-state index in [-0.39, 0.29) is 5.56 Å². The standard InChI is InChI=1S/C11H15IN2OS/c1-2-4-7-9(12)11(15)14-10(13-7)8-5-3-6-16-8/h8H,2-6H2,1H3,(H,13,14,15). The summed E-state index contributed by atoms with van der Waals surface area (Å²) < 4.78 is 0.756. The molecule has 1 N–H and O–H groups in total. The van der Waals surface area contributed by atoms with Gasteiger partial charge in [0.25, 0.3) is 5.56 Å². The smallest absolute Gasteiger partial charge is 0.264 e. The van der Waals surface area contributed by atoms with Crippen molar-refractivity contribution in [2.45, 2.75) is 37.9 Å². The zero-order chi connectivity index (χ0) is 11.5. The molecule has 1 fully saturated rings. The maximum absolute atomic E-state index is 11.8. The van der Waals surface area contributed by atoms with Crippen molar-refractivity contribution in [1.82, 2.24) is 9.97 Å². The molecule has 1 saturated heterocycles. The molecule has 0 bridgehead atoms. The summed E-state index contributed by atoms with van der Waals surface area (Å²) >= 11 is 4.00. The van der Waals surface area contributed by atoms with Gasteiger partial charge in [0.05, 0.1) is 14.5 Å². The Morgan fingerprint density at radius 2 is 2.44 bits per heavy atom. The van der Waals surface area contributed by atoms with E-state index in [4.69, 9.17) is 0 Å². The highest BCUT2D eigenvalue weighted by atomic mass is 127. The van der Waals surface area contributed by atoms with Crippen LogP contribution in [0.15, 0.2) is 4.79 Å². The predicted molar refractivity (Wildman–Crippen MR) is 76.0 cm³/mol. The average Bonchev–Trinajstić information content (AvgIpc) is 2.78. The van der Waals surface area contributed by atoms with Crippen molar-refractivity contribution in [1.29, 1.82) is 0 Å². The third-order valence-corrected chi connectivity index (χ3v) is 5.17. The second-order valence-corrected chi connectivity index (χ2v) is 6.35. The molecule has 1 aliphatic heterocycles. The number of nitrogens with zero attached hydrogens (tertiary/aromatic N) is 1. The van der Waals surface area contributed by atoms with Gasteiger partial charge in [-0.25, -0.2) is 4.98 Å². The lowest BCUT2D eigenvalue weighted by Crippen LogP contribution is -2.19. The molecule has 16 heavy (non-hydrogen) atoms. The Morgan fingerprint density at radius 1 is 1.62 bits per heavy atom. The normalized spacial score (nSPS) is 20.2. The van der Waals surface area contributed by atoms with Gasteiger partial charge < -0.3 is 4.98 Å². The fourth-order valence-electron chi connectivity index (χ4n) is 1.87. The van der Waals surface area contributed by atoms with E-state index in [1.165, 1.54) is 12.2 Å². The lowest BCUT2D eigenvalue weighted by Gasteiger charge is -2.10. The number of halogens is 1. The molecule has 1 aromatic rings. The van der Waals surface area contributed by atoms with Crippen LogP contribution in [0.2, 0.25) is 0 Å². The van der Waals surface area contributed by atoms with Crippen molar-refractivity contribution in [3.8, 4) is 0 Å². The fourth-order valence-corrected chi connectivity index (χ4v) is 3.62. The largest absolute Gasteiger partial charge is 0.309 e. The Hall–Kier alpha value is -0.0400. The minimum absolute atomic E-state index is 0.0292. The van der Waals surface area contributed by atoms with E-state index in [1.54, 1.807) is 0 Å². The average molecular weight is 350 g/mol. The topological polar surface area (TPSA) is 45.8 Å². The quantitative estimate of drug-likeness (QED) is 0.853. The van der Waals surface area contributed by atoms with Crippen LogP contribution in [0, 0.1) is 3.57 Å². The van der Waals surface area contributed by atoms with E-state index >= 15 is 0 Å². The number of aromatic nitrogens is 2. The Bertz CT molecular complexity index is 426. The minimum Gasteiger partial charge on any atom is -0.309 e. The summed E-state index contributed by atoms with van der Waals surface area (Å²) in [5, 5.41) is 0.403. The highest BCUT2D eigenvalue weighted by Gasteiger charge is 2.21. The Balaban J connectivity index is 2.35. The summed E-state index contributed by atoms with van der Waals surface area (Å²) in [5.74, 6) is 2.07. The van der Waals surface area contributed by atoms with Gasteiger partial charge in [0.1, 0.15) is 5.82 Å². The number of nitrogens with one attached hydrogen (secondary N) is 1. The van der Waals surface area contributed by atoms with E-state index in [0.29, 0.717) is 5.25 Å². The third-order valence-electron chi connectivity index (χ3n) is 2.67. The second-order valence-electron chi connectivity index (χ2n) is 3.96. The van der Waals surface area contributed by atoms with Crippen LogP contribution in [-0.2, 0) is 6.42 Å². The number of aryl methyl sites for hydroxylation is 1. The SMILES string of the molecule is CCCc1nc(C2CCCS2)[nH]c(=O)c1I. The van der Waals surface area contributed by atoms with Crippen molar-refractivity contribution in [3.63, 3.8) is 0 Å². The summed E-state index contributed by atoms with van der Waals surface area (Å²) in [4.78, 5) is 19.3. The first kappa shape index (κ1) is 12.4. The van der Waals surface area contributed by atoms with E-state index in [9.17, 15) is 4.79 Å².